The molecule has 0 aliphatic carbocycles. The molecule has 1 aliphatic heterocycles. The van der Waals surface area contributed by atoms with Gasteiger partial charge in [0, 0.05) is 35.6 Å². The van der Waals surface area contributed by atoms with Gasteiger partial charge in [-0.2, -0.15) is 0 Å². The number of nitrogens with zero attached hydrogens (tertiary/aromatic N) is 1. The normalized spacial score (nSPS) is 17.9. The first-order chi connectivity index (χ1) is 12.8. The SMILES string of the molecule is C=C1CN(C(=O)OCC)CC[C@@H]1NS(=O)(=O)c1ccc(N)c2ccccc12. The number of ether oxygens (including phenoxy) is 1. The van der Waals surface area contributed by atoms with E-state index in [9.17, 15) is 13.2 Å². The monoisotopic (exact) mass is 389 g/mol. The van der Waals surface area contributed by atoms with Gasteiger partial charge in [0.1, 0.15) is 0 Å². The zero-order chi connectivity index (χ0) is 19.6. The van der Waals surface area contributed by atoms with Crippen LogP contribution < -0.4 is 10.5 Å². The third-order valence-electron chi connectivity index (χ3n) is 4.61. The quantitative estimate of drug-likeness (QED) is 0.618. The van der Waals surface area contributed by atoms with Crippen molar-refractivity contribution in [1.29, 1.82) is 0 Å². The van der Waals surface area contributed by atoms with Gasteiger partial charge in [-0.25, -0.2) is 17.9 Å². The maximum Gasteiger partial charge on any atom is 0.410 e. The molecule has 144 valence electrons. The molecule has 0 saturated carbocycles. The molecule has 0 spiro atoms. The molecule has 0 radical (unpaired) electrons. The summed E-state index contributed by atoms with van der Waals surface area (Å²) in [5.74, 6) is 0. The van der Waals surface area contributed by atoms with Crippen molar-refractivity contribution in [2.75, 3.05) is 25.4 Å². The number of carbonyl (C=O) groups excluding carboxylic acids is 1. The van der Waals surface area contributed by atoms with E-state index in [1.54, 1.807) is 31.2 Å². The standard InChI is InChI=1S/C19H23N3O4S/c1-3-26-19(23)22-11-10-17(13(2)12-22)21-27(24,25)18-9-8-16(20)14-6-4-5-7-15(14)18/h4-9,17,21H,2-3,10-12,20H2,1H3/t17-/m0/s1. The number of anilines is 1. The topological polar surface area (TPSA) is 102 Å². The Morgan fingerprint density at radius 3 is 2.67 bits per heavy atom. The molecule has 2 aromatic carbocycles. The number of rotatable bonds is 4. The molecule has 2 aromatic rings. The van der Waals surface area contributed by atoms with Crippen LogP contribution >= 0.6 is 0 Å². The Bertz CT molecular complexity index is 988. The molecule has 7 nitrogen and oxygen atoms in total. The minimum Gasteiger partial charge on any atom is -0.450 e. The van der Waals surface area contributed by atoms with Crippen LogP contribution in [0.3, 0.4) is 0 Å². The molecule has 1 aliphatic rings. The zero-order valence-electron chi connectivity index (χ0n) is 15.1. The summed E-state index contributed by atoms with van der Waals surface area (Å²) in [6, 6.07) is 9.77. The van der Waals surface area contributed by atoms with Gasteiger partial charge in [0.15, 0.2) is 0 Å². The molecule has 27 heavy (non-hydrogen) atoms. The first-order valence-electron chi connectivity index (χ1n) is 8.72. The van der Waals surface area contributed by atoms with E-state index in [1.807, 2.05) is 6.07 Å². The highest BCUT2D eigenvalue weighted by atomic mass is 32.2. The number of sulfonamides is 1. The largest absolute Gasteiger partial charge is 0.450 e. The summed E-state index contributed by atoms with van der Waals surface area (Å²) >= 11 is 0. The number of carbonyl (C=O) groups is 1. The number of hydrogen-bond donors (Lipinski definition) is 2. The van der Waals surface area contributed by atoms with Crippen molar-refractivity contribution >= 4 is 32.6 Å². The third-order valence-corrected chi connectivity index (χ3v) is 6.14. The van der Waals surface area contributed by atoms with Crippen LogP contribution in [0.5, 0.6) is 0 Å². The summed E-state index contributed by atoms with van der Waals surface area (Å²) in [7, 11) is -3.79. The lowest BCUT2D eigenvalue weighted by atomic mass is 10.0. The lowest BCUT2D eigenvalue weighted by molar-refractivity contribution is 0.104. The van der Waals surface area contributed by atoms with Crippen LogP contribution in [0, 0.1) is 0 Å². The third kappa shape index (κ3) is 3.91. The highest BCUT2D eigenvalue weighted by Crippen LogP contribution is 2.28. The molecule has 0 bridgehead atoms. The molecular weight excluding hydrogens is 366 g/mol. The molecule has 1 heterocycles. The molecule has 3 N–H and O–H groups in total. The first kappa shape index (κ1) is 19.2. The summed E-state index contributed by atoms with van der Waals surface area (Å²) in [6.07, 6.45) is 0.0218. The van der Waals surface area contributed by atoms with Crippen molar-refractivity contribution in [3.05, 3.63) is 48.6 Å². The number of likely N-dealkylation sites (tertiary alicyclic amines) is 1. The maximum absolute atomic E-state index is 13.0. The van der Waals surface area contributed by atoms with Gasteiger partial charge in [0.25, 0.3) is 0 Å². The molecule has 1 amide bonds. The van der Waals surface area contributed by atoms with E-state index in [2.05, 4.69) is 11.3 Å². The van der Waals surface area contributed by atoms with Crippen LogP contribution in [0.2, 0.25) is 0 Å². The van der Waals surface area contributed by atoms with Crippen LogP contribution in [-0.4, -0.2) is 45.1 Å². The van der Waals surface area contributed by atoms with E-state index in [4.69, 9.17) is 10.5 Å². The van der Waals surface area contributed by atoms with Crippen molar-refractivity contribution in [1.82, 2.24) is 9.62 Å². The van der Waals surface area contributed by atoms with E-state index in [0.29, 0.717) is 41.6 Å². The molecule has 0 unspecified atom stereocenters. The fourth-order valence-corrected chi connectivity index (χ4v) is 4.72. The fourth-order valence-electron chi connectivity index (χ4n) is 3.22. The number of benzene rings is 2. The van der Waals surface area contributed by atoms with Crippen LogP contribution in [-0.2, 0) is 14.8 Å². The molecule has 8 heteroatoms. The molecule has 3 rings (SSSR count). The van der Waals surface area contributed by atoms with Crippen molar-refractivity contribution < 1.29 is 17.9 Å². The van der Waals surface area contributed by atoms with Crippen molar-refractivity contribution in [2.24, 2.45) is 0 Å². The van der Waals surface area contributed by atoms with Gasteiger partial charge in [-0.15, -0.1) is 0 Å². The molecule has 1 atom stereocenters. The number of hydrogen-bond acceptors (Lipinski definition) is 5. The molecule has 1 fully saturated rings. The van der Waals surface area contributed by atoms with E-state index in [-0.39, 0.29) is 11.4 Å². The van der Waals surface area contributed by atoms with Crippen molar-refractivity contribution in [3.8, 4) is 0 Å². The Kier molecular flexibility index (Phi) is 5.38. The average Bonchev–Trinajstić information content (AvgIpc) is 2.63. The van der Waals surface area contributed by atoms with Crippen molar-refractivity contribution in [3.63, 3.8) is 0 Å². The summed E-state index contributed by atoms with van der Waals surface area (Å²) in [6.45, 7) is 6.64. The first-order valence-corrected chi connectivity index (χ1v) is 10.2. The predicted octanol–water partition coefficient (Wildman–Crippen LogP) is 2.49. The van der Waals surface area contributed by atoms with E-state index >= 15 is 0 Å². The van der Waals surface area contributed by atoms with Crippen LogP contribution in [0.1, 0.15) is 13.3 Å². The van der Waals surface area contributed by atoms with Crippen molar-refractivity contribution in [2.45, 2.75) is 24.3 Å². The summed E-state index contributed by atoms with van der Waals surface area (Å²) in [5, 5.41) is 1.26. The average molecular weight is 389 g/mol. The fraction of sp³-hybridized carbons (Fsp3) is 0.316. The van der Waals surface area contributed by atoms with Gasteiger partial charge >= 0.3 is 6.09 Å². The van der Waals surface area contributed by atoms with Gasteiger partial charge in [-0.05, 0) is 31.1 Å². The van der Waals surface area contributed by atoms with Gasteiger partial charge < -0.3 is 15.4 Å². The number of nitrogens with one attached hydrogen (secondary N) is 1. The summed E-state index contributed by atoms with van der Waals surface area (Å²) < 4.78 is 33.7. The van der Waals surface area contributed by atoms with E-state index < -0.39 is 22.2 Å². The Morgan fingerprint density at radius 1 is 1.30 bits per heavy atom. The van der Waals surface area contributed by atoms with E-state index in [0.717, 1.165) is 0 Å². The predicted molar refractivity (Wildman–Crippen MR) is 105 cm³/mol. The highest BCUT2D eigenvalue weighted by molar-refractivity contribution is 7.89. The lowest BCUT2D eigenvalue weighted by Gasteiger charge is -2.33. The number of amides is 1. The summed E-state index contributed by atoms with van der Waals surface area (Å²) in [4.78, 5) is 13.5. The van der Waals surface area contributed by atoms with Gasteiger partial charge in [0.2, 0.25) is 10.0 Å². The van der Waals surface area contributed by atoms with Crippen LogP contribution in [0.4, 0.5) is 10.5 Å². The zero-order valence-corrected chi connectivity index (χ0v) is 16.0. The van der Waals surface area contributed by atoms with Crippen LogP contribution in [0.15, 0.2) is 53.4 Å². The second-order valence-corrected chi connectivity index (χ2v) is 8.12. The number of fused-ring (bicyclic) bond motifs is 1. The Hall–Kier alpha value is -2.58. The molecule has 0 aromatic heterocycles. The number of piperidine rings is 1. The van der Waals surface area contributed by atoms with Gasteiger partial charge in [-0.3, -0.25) is 0 Å². The molecular formula is C19H23N3O4S. The van der Waals surface area contributed by atoms with Crippen LogP contribution in [0.25, 0.3) is 10.8 Å². The Morgan fingerprint density at radius 2 is 2.00 bits per heavy atom. The highest BCUT2D eigenvalue weighted by Gasteiger charge is 2.30. The van der Waals surface area contributed by atoms with E-state index in [1.165, 1.54) is 11.0 Å². The number of nitrogens with two attached hydrogens (primary N) is 1. The maximum atomic E-state index is 13.0. The molecule has 1 saturated heterocycles. The minimum atomic E-state index is -3.79. The second-order valence-electron chi connectivity index (χ2n) is 6.44. The Labute approximate surface area is 158 Å². The smallest absolute Gasteiger partial charge is 0.410 e. The van der Waals surface area contributed by atoms with Gasteiger partial charge in [-0.1, -0.05) is 30.8 Å². The van der Waals surface area contributed by atoms with Gasteiger partial charge in [0.05, 0.1) is 11.5 Å². The number of nitrogen functional groups attached to an aromatic ring is 1. The lowest BCUT2D eigenvalue weighted by Crippen LogP contribution is -2.48. The summed E-state index contributed by atoms with van der Waals surface area (Å²) in [5.41, 5.74) is 7.11. The minimum absolute atomic E-state index is 0.174. The Balaban J connectivity index is 1.81. The second kappa shape index (κ2) is 7.58.